The third-order valence-corrected chi connectivity index (χ3v) is 3.54. The minimum atomic E-state index is 0.0316. The second-order valence-electron chi connectivity index (χ2n) is 5.04. The van der Waals surface area contributed by atoms with Crippen molar-refractivity contribution in [1.82, 2.24) is 5.32 Å². The van der Waals surface area contributed by atoms with E-state index in [9.17, 15) is 4.79 Å². The summed E-state index contributed by atoms with van der Waals surface area (Å²) in [5, 5.41) is 3.00. The molecule has 1 aliphatic carbocycles. The highest BCUT2D eigenvalue weighted by atomic mass is 79.9. The van der Waals surface area contributed by atoms with Crippen molar-refractivity contribution in [2.45, 2.75) is 32.7 Å². The van der Waals surface area contributed by atoms with Gasteiger partial charge in [0.1, 0.15) is 0 Å². The zero-order valence-corrected chi connectivity index (χ0v) is 12.3. The molecule has 0 atom stereocenters. The predicted molar refractivity (Wildman–Crippen MR) is 78.1 cm³/mol. The van der Waals surface area contributed by atoms with Crippen molar-refractivity contribution in [2.75, 3.05) is 0 Å². The van der Waals surface area contributed by atoms with E-state index in [0.717, 1.165) is 28.5 Å². The maximum Gasteiger partial charge on any atom is 0.244 e. The predicted octanol–water partition coefficient (Wildman–Crippen LogP) is 3.77. The molecule has 1 saturated carbocycles. The van der Waals surface area contributed by atoms with Gasteiger partial charge in [0.25, 0.3) is 0 Å². The average Bonchev–Trinajstić information content (AvgIpc) is 3.11. The van der Waals surface area contributed by atoms with E-state index in [4.69, 9.17) is 0 Å². The topological polar surface area (TPSA) is 29.1 Å². The standard InChI is InChI=1S/C15H18BrNO/c1-10(2)14(9-15(18)17-13-7-8-13)11-3-5-12(16)6-4-11/h3-6,9-10,13H,7-8H2,1-2H3,(H,17,18)/b14-9+. The highest BCUT2D eigenvalue weighted by Gasteiger charge is 2.22. The number of nitrogens with one attached hydrogen (secondary N) is 1. The smallest absolute Gasteiger partial charge is 0.244 e. The van der Waals surface area contributed by atoms with Crippen LogP contribution >= 0.6 is 15.9 Å². The first-order valence-electron chi connectivity index (χ1n) is 6.34. The van der Waals surface area contributed by atoms with E-state index in [0.29, 0.717) is 12.0 Å². The number of halogens is 1. The van der Waals surface area contributed by atoms with Crippen LogP contribution in [-0.4, -0.2) is 11.9 Å². The van der Waals surface area contributed by atoms with Gasteiger partial charge in [0, 0.05) is 16.6 Å². The van der Waals surface area contributed by atoms with Gasteiger partial charge in [-0.15, -0.1) is 0 Å². The number of amides is 1. The van der Waals surface area contributed by atoms with Gasteiger partial charge in [0.2, 0.25) is 5.91 Å². The lowest BCUT2D eigenvalue weighted by molar-refractivity contribution is -0.116. The summed E-state index contributed by atoms with van der Waals surface area (Å²) in [4.78, 5) is 11.9. The van der Waals surface area contributed by atoms with Crippen LogP contribution in [0, 0.1) is 5.92 Å². The van der Waals surface area contributed by atoms with E-state index in [1.54, 1.807) is 6.08 Å². The molecule has 1 aromatic rings. The van der Waals surface area contributed by atoms with E-state index < -0.39 is 0 Å². The summed E-state index contributed by atoms with van der Waals surface area (Å²) in [5.41, 5.74) is 2.19. The molecular formula is C15H18BrNO. The maximum atomic E-state index is 11.9. The van der Waals surface area contributed by atoms with Crippen molar-refractivity contribution in [3.8, 4) is 0 Å². The Morgan fingerprint density at radius 2 is 1.94 bits per heavy atom. The van der Waals surface area contributed by atoms with Crippen LogP contribution in [0.5, 0.6) is 0 Å². The zero-order valence-electron chi connectivity index (χ0n) is 10.7. The number of rotatable bonds is 4. The molecule has 1 amide bonds. The molecule has 2 nitrogen and oxygen atoms in total. The Balaban J connectivity index is 2.18. The minimum absolute atomic E-state index is 0.0316. The molecule has 2 rings (SSSR count). The third kappa shape index (κ3) is 3.70. The van der Waals surface area contributed by atoms with Crippen LogP contribution in [0.4, 0.5) is 0 Å². The van der Waals surface area contributed by atoms with Crippen LogP contribution in [0.2, 0.25) is 0 Å². The quantitative estimate of drug-likeness (QED) is 0.843. The van der Waals surface area contributed by atoms with Crippen molar-refractivity contribution in [3.63, 3.8) is 0 Å². The number of carbonyl (C=O) groups excluding carboxylic acids is 1. The van der Waals surface area contributed by atoms with Gasteiger partial charge < -0.3 is 5.32 Å². The first kappa shape index (κ1) is 13.3. The van der Waals surface area contributed by atoms with Crippen molar-refractivity contribution in [1.29, 1.82) is 0 Å². The minimum Gasteiger partial charge on any atom is -0.350 e. The van der Waals surface area contributed by atoms with Gasteiger partial charge >= 0.3 is 0 Å². The molecule has 18 heavy (non-hydrogen) atoms. The molecular weight excluding hydrogens is 290 g/mol. The van der Waals surface area contributed by atoms with Gasteiger partial charge in [-0.1, -0.05) is 41.9 Å². The molecule has 1 fully saturated rings. The van der Waals surface area contributed by atoms with Gasteiger partial charge in [-0.25, -0.2) is 0 Å². The maximum absolute atomic E-state index is 11.9. The van der Waals surface area contributed by atoms with Crippen molar-refractivity contribution in [3.05, 3.63) is 40.4 Å². The molecule has 0 aromatic heterocycles. The summed E-state index contributed by atoms with van der Waals surface area (Å²) in [5.74, 6) is 0.361. The molecule has 0 bridgehead atoms. The van der Waals surface area contributed by atoms with Crippen molar-refractivity contribution >= 4 is 27.4 Å². The fourth-order valence-electron chi connectivity index (χ4n) is 1.84. The van der Waals surface area contributed by atoms with Gasteiger partial charge in [-0.2, -0.15) is 0 Å². The van der Waals surface area contributed by atoms with E-state index in [2.05, 4.69) is 35.1 Å². The Bertz CT molecular complexity index is 458. The number of hydrogen-bond acceptors (Lipinski definition) is 1. The fraction of sp³-hybridized carbons (Fsp3) is 0.400. The normalized spacial score (nSPS) is 15.9. The van der Waals surface area contributed by atoms with Crippen LogP contribution < -0.4 is 5.32 Å². The largest absolute Gasteiger partial charge is 0.350 e. The average molecular weight is 308 g/mol. The van der Waals surface area contributed by atoms with E-state index in [1.807, 2.05) is 24.3 Å². The molecule has 0 unspecified atom stereocenters. The second kappa shape index (κ2) is 5.70. The summed E-state index contributed by atoms with van der Waals surface area (Å²) >= 11 is 3.42. The van der Waals surface area contributed by atoms with Gasteiger partial charge in [-0.05, 0) is 42.0 Å². The summed E-state index contributed by atoms with van der Waals surface area (Å²) in [6, 6.07) is 8.50. The molecule has 1 aliphatic rings. The molecule has 0 heterocycles. The van der Waals surface area contributed by atoms with Gasteiger partial charge in [0.15, 0.2) is 0 Å². The van der Waals surface area contributed by atoms with E-state index in [1.165, 1.54) is 0 Å². The molecule has 1 N–H and O–H groups in total. The SMILES string of the molecule is CC(C)/C(=C\C(=O)NC1CC1)c1ccc(Br)cc1. The summed E-state index contributed by atoms with van der Waals surface area (Å²) in [7, 11) is 0. The number of hydrogen-bond donors (Lipinski definition) is 1. The lowest BCUT2D eigenvalue weighted by Crippen LogP contribution is -2.23. The fourth-order valence-corrected chi connectivity index (χ4v) is 2.10. The lowest BCUT2D eigenvalue weighted by Gasteiger charge is -2.12. The molecule has 3 heteroatoms. The molecule has 0 spiro atoms. The van der Waals surface area contributed by atoms with E-state index >= 15 is 0 Å². The van der Waals surface area contributed by atoms with Crippen molar-refractivity contribution < 1.29 is 4.79 Å². The van der Waals surface area contributed by atoms with Crippen LogP contribution in [0.25, 0.3) is 5.57 Å². The Labute approximate surface area is 117 Å². The highest BCUT2D eigenvalue weighted by Crippen LogP contribution is 2.25. The highest BCUT2D eigenvalue weighted by molar-refractivity contribution is 9.10. The zero-order chi connectivity index (χ0) is 13.1. The van der Waals surface area contributed by atoms with Gasteiger partial charge in [-0.3, -0.25) is 4.79 Å². The Kier molecular flexibility index (Phi) is 4.23. The summed E-state index contributed by atoms with van der Waals surface area (Å²) in [6.07, 6.45) is 3.98. The summed E-state index contributed by atoms with van der Waals surface area (Å²) < 4.78 is 1.05. The molecule has 0 aliphatic heterocycles. The first-order valence-corrected chi connectivity index (χ1v) is 7.13. The molecule has 0 saturated heterocycles. The monoisotopic (exact) mass is 307 g/mol. The lowest BCUT2D eigenvalue weighted by atomic mass is 9.95. The van der Waals surface area contributed by atoms with Crippen LogP contribution in [0.3, 0.4) is 0 Å². The number of allylic oxidation sites excluding steroid dienone is 1. The van der Waals surface area contributed by atoms with Gasteiger partial charge in [0.05, 0.1) is 0 Å². The summed E-state index contributed by atoms with van der Waals surface area (Å²) in [6.45, 7) is 4.22. The molecule has 0 radical (unpaired) electrons. The third-order valence-electron chi connectivity index (χ3n) is 3.01. The van der Waals surface area contributed by atoms with Crippen LogP contribution in [-0.2, 0) is 4.79 Å². The van der Waals surface area contributed by atoms with Crippen LogP contribution in [0.15, 0.2) is 34.8 Å². The van der Waals surface area contributed by atoms with Crippen molar-refractivity contribution in [2.24, 2.45) is 5.92 Å². The number of benzene rings is 1. The van der Waals surface area contributed by atoms with Crippen LogP contribution in [0.1, 0.15) is 32.3 Å². The van der Waals surface area contributed by atoms with E-state index in [-0.39, 0.29) is 5.91 Å². The Hall–Kier alpha value is -1.09. The first-order chi connectivity index (χ1) is 8.56. The Morgan fingerprint density at radius 3 is 2.44 bits per heavy atom. The number of carbonyl (C=O) groups is 1. The molecule has 1 aromatic carbocycles. The molecule has 96 valence electrons. The Morgan fingerprint density at radius 1 is 1.33 bits per heavy atom. The second-order valence-corrected chi connectivity index (χ2v) is 5.96.